The monoisotopic (exact) mass is 286 g/mol. The van der Waals surface area contributed by atoms with Crippen molar-refractivity contribution in [2.75, 3.05) is 53.6 Å². The summed E-state index contributed by atoms with van der Waals surface area (Å²) >= 11 is 0. The molecule has 0 fully saturated rings. The summed E-state index contributed by atoms with van der Waals surface area (Å²) in [5.74, 6) is 1.19. The van der Waals surface area contributed by atoms with E-state index in [1.165, 1.54) is 12.0 Å². The molecule has 7 heteroatoms. The molecule has 7 nitrogen and oxygen atoms in total. The van der Waals surface area contributed by atoms with Crippen molar-refractivity contribution >= 4 is 12.0 Å². The minimum absolute atomic E-state index is 0.0428. The van der Waals surface area contributed by atoms with Gasteiger partial charge in [-0.1, -0.05) is 5.92 Å². The zero-order chi connectivity index (χ0) is 15.4. The number of nitrogens with zero attached hydrogens (tertiary/aromatic N) is 2. The minimum atomic E-state index is -1.10. The van der Waals surface area contributed by atoms with E-state index >= 15 is 0 Å². The topological polar surface area (TPSA) is 79.3 Å². The highest BCUT2D eigenvalue weighted by atomic mass is 16.5. The maximum atomic E-state index is 12.3. The predicted octanol–water partition coefficient (Wildman–Crippen LogP) is 0.111. The number of carboxylic acid groups (broad SMARTS) is 1. The molecule has 20 heavy (non-hydrogen) atoms. The van der Waals surface area contributed by atoms with E-state index in [-0.39, 0.29) is 6.54 Å². The summed E-state index contributed by atoms with van der Waals surface area (Å²) in [7, 11) is 3.12. The molecule has 0 unspecified atom stereocenters. The van der Waals surface area contributed by atoms with Crippen LogP contribution in [-0.4, -0.2) is 80.5 Å². The number of carboxylic acids is 1. The van der Waals surface area contributed by atoms with E-state index < -0.39 is 18.5 Å². The van der Waals surface area contributed by atoms with Crippen molar-refractivity contribution in [2.24, 2.45) is 0 Å². The number of carbonyl (C=O) groups is 2. The zero-order valence-electron chi connectivity index (χ0n) is 12.0. The van der Waals surface area contributed by atoms with Crippen molar-refractivity contribution in [1.29, 1.82) is 0 Å². The quantitative estimate of drug-likeness (QED) is 0.455. The van der Waals surface area contributed by atoms with Crippen LogP contribution in [0.2, 0.25) is 0 Å². The Balaban J connectivity index is 4.67. The Morgan fingerprint density at radius 1 is 1.15 bits per heavy atom. The number of aliphatic carboxylic acids is 1. The van der Waals surface area contributed by atoms with Crippen LogP contribution in [0.25, 0.3) is 0 Å². The molecule has 0 atom stereocenters. The van der Waals surface area contributed by atoms with Crippen LogP contribution >= 0.6 is 0 Å². The summed E-state index contributed by atoms with van der Waals surface area (Å²) in [4.78, 5) is 25.7. The summed E-state index contributed by atoms with van der Waals surface area (Å²) in [5, 5.41) is 8.81. The number of hydrogen-bond acceptors (Lipinski definition) is 4. The highest BCUT2D eigenvalue weighted by Gasteiger charge is 2.21. The lowest BCUT2D eigenvalue weighted by atomic mass is 10.4. The smallest absolute Gasteiger partial charge is 0.323 e. The average Bonchev–Trinajstić information content (AvgIpc) is 2.41. The van der Waals surface area contributed by atoms with E-state index in [2.05, 4.69) is 5.92 Å². The highest BCUT2D eigenvalue weighted by Crippen LogP contribution is 2.01. The summed E-state index contributed by atoms with van der Waals surface area (Å²) in [5.41, 5.74) is 0. The van der Waals surface area contributed by atoms with Gasteiger partial charge in [0, 0.05) is 33.9 Å². The van der Waals surface area contributed by atoms with Gasteiger partial charge in [-0.05, 0) is 6.42 Å². The van der Waals surface area contributed by atoms with Crippen LogP contribution in [0.15, 0.2) is 0 Å². The van der Waals surface area contributed by atoms with E-state index in [1.807, 2.05) is 0 Å². The molecule has 0 aliphatic carbocycles. The average molecular weight is 286 g/mol. The Kier molecular flexibility index (Phi) is 10.1. The molecule has 114 valence electrons. The van der Waals surface area contributed by atoms with Crippen molar-refractivity contribution in [3.63, 3.8) is 0 Å². The van der Waals surface area contributed by atoms with Gasteiger partial charge in [0.2, 0.25) is 0 Å². The number of terminal acetylenes is 1. The van der Waals surface area contributed by atoms with Crippen LogP contribution in [0.4, 0.5) is 4.79 Å². The third-order valence-corrected chi connectivity index (χ3v) is 2.49. The molecule has 0 aromatic heterocycles. The van der Waals surface area contributed by atoms with Crippen LogP contribution in [-0.2, 0) is 14.3 Å². The van der Waals surface area contributed by atoms with Gasteiger partial charge in [0.15, 0.2) is 0 Å². The molecular weight excluding hydrogens is 264 g/mol. The SMILES string of the molecule is C#CCN(CC(=O)O)C(=O)N(CCCOC)CCOC. The first kappa shape index (κ1) is 18.2. The molecule has 0 rings (SSSR count). The second kappa shape index (κ2) is 11.1. The molecule has 0 saturated carbocycles. The minimum Gasteiger partial charge on any atom is -0.480 e. The number of methoxy groups -OCH3 is 2. The van der Waals surface area contributed by atoms with Gasteiger partial charge < -0.3 is 24.4 Å². The van der Waals surface area contributed by atoms with Crippen molar-refractivity contribution in [3.8, 4) is 12.3 Å². The predicted molar refractivity (Wildman–Crippen MR) is 73.4 cm³/mol. The van der Waals surface area contributed by atoms with Crippen LogP contribution in [0.5, 0.6) is 0 Å². The lowest BCUT2D eigenvalue weighted by Gasteiger charge is -2.28. The third kappa shape index (κ3) is 7.61. The summed E-state index contributed by atoms with van der Waals surface area (Å²) in [6, 6.07) is -0.404. The number of hydrogen-bond donors (Lipinski definition) is 1. The fourth-order valence-electron chi connectivity index (χ4n) is 1.57. The van der Waals surface area contributed by atoms with E-state index in [9.17, 15) is 9.59 Å². The lowest BCUT2D eigenvalue weighted by Crippen LogP contribution is -2.47. The molecule has 0 aromatic rings. The molecule has 0 bridgehead atoms. The largest absolute Gasteiger partial charge is 0.480 e. The van der Waals surface area contributed by atoms with Crippen LogP contribution in [0, 0.1) is 12.3 Å². The molecule has 1 N–H and O–H groups in total. The van der Waals surface area contributed by atoms with E-state index in [1.54, 1.807) is 7.11 Å². The standard InChI is InChI=1S/C13H22N2O5/c1-4-6-15(11-12(16)17)13(18)14(8-10-20-3)7-5-9-19-2/h1H,5-11H2,2-3H3,(H,16,17). The van der Waals surface area contributed by atoms with E-state index in [0.717, 1.165) is 4.90 Å². The third-order valence-electron chi connectivity index (χ3n) is 2.49. The van der Waals surface area contributed by atoms with Crippen molar-refractivity contribution in [3.05, 3.63) is 0 Å². The first-order chi connectivity index (χ1) is 9.56. The fraction of sp³-hybridized carbons (Fsp3) is 0.692. The van der Waals surface area contributed by atoms with Crippen molar-refractivity contribution in [2.45, 2.75) is 6.42 Å². The Hall–Kier alpha value is -1.78. The first-order valence-electron chi connectivity index (χ1n) is 6.23. The number of ether oxygens (including phenoxy) is 2. The lowest BCUT2D eigenvalue weighted by molar-refractivity contribution is -0.137. The fourth-order valence-corrected chi connectivity index (χ4v) is 1.57. The summed E-state index contributed by atoms with van der Waals surface area (Å²) in [6.07, 6.45) is 5.82. The molecule has 0 aromatic carbocycles. The second-order valence-corrected chi connectivity index (χ2v) is 4.06. The highest BCUT2D eigenvalue weighted by molar-refractivity contribution is 5.80. The van der Waals surface area contributed by atoms with Crippen LogP contribution < -0.4 is 0 Å². The van der Waals surface area contributed by atoms with Crippen LogP contribution in [0.1, 0.15) is 6.42 Å². The summed E-state index contributed by atoms with van der Waals surface area (Å²) in [6.45, 7) is 1.26. The molecule has 0 saturated heterocycles. The zero-order valence-corrected chi connectivity index (χ0v) is 12.0. The maximum absolute atomic E-state index is 12.3. The molecular formula is C13H22N2O5. The Labute approximate surface area is 119 Å². The van der Waals surface area contributed by atoms with Gasteiger partial charge in [-0.25, -0.2) is 4.79 Å². The molecule has 0 aliphatic heterocycles. The van der Waals surface area contributed by atoms with Gasteiger partial charge >= 0.3 is 12.0 Å². The molecule has 0 aliphatic rings. The van der Waals surface area contributed by atoms with Gasteiger partial charge in [-0.15, -0.1) is 6.42 Å². The van der Waals surface area contributed by atoms with Crippen molar-refractivity contribution < 1.29 is 24.2 Å². The first-order valence-corrected chi connectivity index (χ1v) is 6.23. The molecule has 2 amide bonds. The Morgan fingerprint density at radius 2 is 1.80 bits per heavy atom. The molecule has 0 spiro atoms. The Morgan fingerprint density at radius 3 is 2.30 bits per heavy atom. The van der Waals surface area contributed by atoms with Gasteiger partial charge in [0.1, 0.15) is 6.54 Å². The summed E-state index contributed by atoms with van der Waals surface area (Å²) < 4.78 is 9.89. The molecule has 0 radical (unpaired) electrons. The number of rotatable bonds is 10. The van der Waals surface area contributed by atoms with Crippen molar-refractivity contribution in [1.82, 2.24) is 9.80 Å². The number of amides is 2. The van der Waals surface area contributed by atoms with E-state index in [0.29, 0.717) is 32.7 Å². The van der Waals surface area contributed by atoms with Gasteiger partial charge in [-0.2, -0.15) is 0 Å². The normalized spacial score (nSPS) is 9.85. The second-order valence-electron chi connectivity index (χ2n) is 4.06. The van der Waals surface area contributed by atoms with Gasteiger partial charge in [0.05, 0.1) is 13.2 Å². The van der Waals surface area contributed by atoms with Gasteiger partial charge in [-0.3, -0.25) is 4.79 Å². The maximum Gasteiger partial charge on any atom is 0.323 e. The van der Waals surface area contributed by atoms with Gasteiger partial charge in [0.25, 0.3) is 0 Å². The Bertz CT molecular complexity index is 340. The van der Waals surface area contributed by atoms with Crippen LogP contribution in [0.3, 0.4) is 0 Å². The number of urea groups is 1. The molecule has 0 heterocycles. The number of carbonyl (C=O) groups excluding carboxylic acids is 1. The van der Waals surface area contributed by atoms with E-state index in [4.69, 9.17) is 21.0 Å².